The van der Waals surface area contributed by atoms with Crippen LogP contribution in [0.2, 0.25) is 0 Å². The van der Waals surface area contributed by atoms with E-state index >= 15 is 0 Å². The smallest absolute Gasteiger partial charge is 0.338 e. The van der Waals surface area contributed by atoms with E-state index in [2.05, 4.69) is 4.99 Å². The number of nitrogens with zero attached hydrogens (tertiary/aromatic N) is 1. The predicted molar refractivity (Wildman–Crippen MR) is 91.7 cm³/mol. The second-order valence-electron chi connectivity index (χ2n) is 7.18. The Bertz CT molecular complexity index is 565. The van der Waals surface area contributed by atoms with Crippen molar-refractivity contribution in [1.82, 2.24) is 0 Å². The van der Waals surface area contributed by atoms with Gasteiger partial charge in [-0.05, 0) is 37.5 Å². The third kappa shape index (κ3) is 4.41. The van der Waals surface area contributed by atoms with E-state index in [9.17, 15) is 9.90 Å². The van der Waals surface area contributed by atoms with Crippen molar-refractivity contribution in [1.29, 1.82) is 0 Å². The summed E-state index contributed by atoms with van der Waals surface area (Å²) < 4.78 is 5.01. The average Bonchev–Trinajstić information content (AvgIpc) is 2.44. The Balaban J connectivity index is 2.26. The molecule has 0 saturated heterocycles. The van der Waals surface area contributed by atoms with Gasteiger partial charge in [-0.2, -0.15) is 0 Å². The highest BCUT2D eigenvalue weighted by Gasteiger charge is 2.28. The standard InChI is InChI=1S/C19H27NO3/c1-5-23-17(21)15-11-9-14(10-12-15)16(13-7-6-8-13)20-18(22)19(2,3)4/h9-13,18,22H,5-8H2,1-4H3. The van der Waals surface area contributed by atoms with Crippen LogP contribution in [-0.2, 0) is 4.74 Å². The molecule has 1 aliphatic rings. The molecule has 0 aliphatic heterocycles. The maximum atomic E-state index is 11.7. The number of aliphatic hydroxyl groups excluding tert-OH is 1. The first kappa shape index (κ1) is 17.7. The number of aliphatic hydroxyl groups is 1. The lowest BCUT2D eigenvalue weighted by Gasteiger charge is -2.30. The largest absolute Gasteiger partial charge is 0.462 e. The molecule has 0 bridgehead atoms. The number of rotatable bonds is 5. The molecule has 0 aromatic heterocycles. The second kappa shape index (κ2) is 7.26. The highest BCUT2D eigenvalue weighted by molar-refractivity contribution is 6.03. The molecule has 4 heteroatoms. The molecule has 4 nitrogen and oxygen atoms in total. The first-order chi connectivity index (χ1) is 10.8. The molecule has 23 heavy (non-hydrogen) atoms. The lowest BCUT2D eigenvalue weighted by Crippen LogP contribution is -2.30. The van der Waals surface area contributed by atoms with Gasteiger partial charge in [0.15, 0.2) is 0 Å². The number of ether oxygens (including phenoxy) is 1. The number of carbonyl (C=O) groups excluding carboxylic acids is 1. The van der Waals surface area contributed by atoms with E-state index < -0.39 is 6.23 Å². The fourth-order valence-corrected chi connectivity index (χ4v) is 2.41. The summed E-state index contributed by atoms with van der Waals surface area (Å²) in [4.78, 5) is 16.4. The van der Waals surface area contributed by atoms with Gasteiger partial charge in [0.25, 0.3) is 0 Å². The molecule has 0 radical (unpaired) electrons. The van der Waals surface area contributed by atoms with Crippen molar-refractivity contribution in [2.75, 3.05) is 6.61 Å². The quantitative estimate of drug-likeness (QED) is 0.663. The van der Waals surface area contributed by atoms with Gasteiger partial charge in [0, 0.05) is 17.0 Å². The van der Waals surface area contributed by atoms with Crippen LogP contribution in [0.1, 0.15) is 62.9 Å². The first-order valence-electron chi connectivity index (χ1n) is 8.36. The normalized spacial score (nSPS) is 17.5. The maximum Gasteiger partial charge on any atom is 0.338 e. The van der Waals surface area contributed by atoms with Crippen LogP contribution < -0.4 is 0 Å². The predicted octanol–water partition coefficient (Wildman–Crippen LogP) is 3.82. The van der Waals surface area contributed by atoms with Crippen molar-refractivity contribution in [3.63, 3.8) is 0 Å². The van der Waals surface area contributed by atoms with Crippen LogP contribution in [0.5, 0.6) is 0 Å². The molecule has 1 aromatic rings. The van der Waals surface area contributed by atoms with E-state index in [-0.39, 0.29) is 11.4 Å². The summed E-state index contributed by atoms with van der Waals surface area (Å²) in [5, 5.41) is 10.3. The Labute approximate surface area is 138 Å². The maximum absolute atomic E-state index is 11.7. The monoisotopic (exact) mass is 317 g/mol. The number of carbonyl (C=O) groups is 1. The van der Waals surface area contributed by atoms with E-state index in [1.54, 1.807) is 19.1 Å². The molecule has 1 atom stereocenters. The minimum atomic E-state index is -0.733. The van der Waals surface area contributed by atoms with Crippen LogP contribution >= 0.6 is 0 Å². The van der Waals surface area contributed by atoms with E-state index in [0.29, 0.717) is 18.1 Å². The molecule has 0 heterocycles. The average molecular weight is 317 g/mol. The Morgan fingerprint density at radius 2 is 1.83 bits per heavy atom. The molecule has 1 fully saturated rings. The summed E-state index contributed by atoms with van der Waals surface area (Å²) in [7, 11) is 0. The third-order valence-corrected chi connectivity index (χ3v) is 4.22. The van der Waals surface area contributed by atoms with Crippen molar-refractivity contribution in [2.24, 2.45) is 16.3 Å². The van der Waals surface area contributed by atoms with Gasteiger partial charge in [-0.15, -0.1) is 0 Å². The number of aliphatic imine (C=N–C) groups is 1. The molecule has 1 saturated carbocycles. The lowest BCUT2D eigenvalue weighted by molar-refractivity contribution is 0.0526. The topological polar surface area (TPSA) is 58.9 Å². The van der Waals surface area contributed by atoms with Gasteiger partial charge < -0.3 is 9.84 Å². The van der Waals surface area contributed by atoms with E-state index in [1.165, 1.54) is 6.42 Å². The van der Waals surface area contributed by atoms with Crippen molar-refractivity contribution >= 4 is 11.7 Å². The highest BCUT2D eigenvalue weighted by Crippen LogP contribution is 2.32. The van der Waals surface area contributed by atoms with Gasteiger partial charge in [0.1, 0.15) is 6.23 Å². The van der Waals surface area contributed by atoms with Crippen molar-refractivity contribution in [3.05, 3.63) is 35.4 Å². The molecular formula is C19H27NO3. The molecular weight excluding hydrogens is 290 g/mol. The SMILES string of the molecule is CCOC(=O)c1ccc(C(=NC(O)C(C)(C)C)C2CCC2)cc1. The van der Waals surface area contributed by atoms with Gasteiger partial charge in [0.2, 0.25) is 0 Å². The molecule has 0 spiro atoms. The number of benzene rings is 1. The minimum Gasteiger partial charge on any atom is -0.462 e. The van der Waals surface area contributed by atoms with Gasteiger partial charge in [0.05, 0.1) is 12.2 Å². The van der Waals surface area contributed by atoms with Crippen LogP contribution in [-0.4, -0.2) is 29.6 Å². The van der Waals surface area contributed by atoms with Gasteiger partial charge in [-0.3, -0.25) is 4.99 Å². The summed E-state index contributed by atoms with van der Waals surface area (Å²) >= 11 is 0. The molecule has 2 rings (SSSR count). The summed E-state index contributed by atoms with van der Waals surface area (Å²) in [5.41, 5.74) is 2.18. The molecule has 1 aromatic carbocycles. The van der Waals surface area contributed by atoms with E-state index in [4.69, 9.17) is 4.74 Å². The fourth-order valence-electron chi connectivity index (χ4n) is 2.41. The van der Waals surface area contributed by atoms with Crippen LogP contribution in [0, 0.1) is 11.3 Å². The number of hydrogen-bond donors (Lipinski definition) is 1. The highest BCUT2D eigenvalue weighted by atomic mass is 16.5. The van der Waals surface area contributed by atoms with Crippen LogP contribution in [0.3, 0.4) is 0 Å². The molecule has 1 N–H and O–H groups in total. The minimum absolute atomic E-state index is 0.292. The van der Waals surface area contributed by atoms with Crippen molar-refractivity contribution in [3.8, 4) is 0 Å². The first-order valence-corrected chi connectivity index (χ1v) is 8.36. The molecule has 0 amide bonds. The summed E-state index contributed by atoms with van der Waals surface area (Å²) in [6.45, 7) is 8.09. The van der Waals surface area contributed by atoms with Gasteiger partial charge in [-0.25, -0.2) is 4.79 Å². The van der Waals surface area contributed by atoms with Gasteiger partial charge >= 0.3 is 5.97 Å². The second-order valence-corrected chi connectivity index (χ2v) is 7.18. The number of hydrogen-bond acceptors (Lipinski definition) is 4. The third-order valence-electron chi connectivity index (χ3n) is 4.22. The van der Waals surface area contributed by atoms with E-state index in [0.717, 1.165) is 24.1 Å². The Morgan fingerprint density at radius 1 is 1.26 bits per heavy atom. The van der Waals surface area contributed by atoms with Crippen LogP contribution in [0.4, 0.5) is 0 Å². The zero-order chi connectivity index (χ0) is 17.0. The molecule has 1 aliphatic carbocycles. The van der Waals surface area contributed by atoms with Crippen molar-refractivity contribution < 1.29 is 14.6 Å². The summed E-state index contributed by atoms with van der Waals surface area (Å²) in [5.74, 6) is 0.0938. The zero-order valence-electron chi connectivity index (χ0n) is 14.5. The lowest BCUT2D eigenvalue weighted by atomic mass is 9.79. The number of esters is 1. The zero-order valence-corrected chi connectivity index (χ0v) is 14.5. The summed E-state index contributed by atoms with van der Waals surface area (Å²) in [6.07, 6.45) is 2.68. The molecule has 126 valence electrons. The summed E-state index contributed by atoms with van der Waals surface area (Å²) in [6, 6.07) is 7.34. The van der Waals surface area contributed by atoms with Gasteiger partial charge in [-0.1, -0.05) is 39.3 Å². The van der Waals surface area contributed by atoms with Crippen LogP contribution in [0.15, 0.2) is 29.3 Å². The Kier molecular flexibility index (Phi) is 5.58. The fraction of sp³-hybridized carbons (Fsp3) is 0.579. The Morgan fingerprint density at radius 3 is 2.26 bits per heavy atom. The van der Waals surface area contributed by atoms with Crippen LogP contribution in [0.25, 0.3) is 0 Å². The van der Waals surface area contributed by atoms with E-state index in [1.807, 2.05) is 32.9 Å². The van der Waals surface area contributed by atoms with Crippen molar-refractivity contribution in [2.45, 2.75) is 53.2 Å². The Hall–Kier alpha value is -1.68. The molecule has 1 unspecified atom stereocenters.